The molecule has 0 atom stereocenters. The van der Waals surface area contributed by atoms with Gasteiger partial charge in [-0.25, -0.2) is 4.98 Å². The summed E-state index contributed by atoms with van der Waals surface area (Å²) in [5.74, 6) is 0.123. The van der Waals surface area contributed by atoms with E-state index >= 15 is 0 Å². The van der Waals surface area contributed by atoms with Crippen molar-refractivity contribution in [1.82, 2.24) is 25.4 Å². The number of aryl methyl sites for hydroxylation is 1. The summed E-state index contributed by atoms with van der Waals surface area (Å²) in [7, 11) is 2.03. The lowest BCUT2D eigenvalue weighted by Gasteiger charge is -2.37. The number of nitrogens with zero attached hydrogens (tertiary/aromatic N) is 4. The SMILES string of the molecule is CNC1CCC(N(Cc2cccc(-c3cnncn3)c2)C(=O)c2sc3cccc(Br)c3c2C)CC1. The molecule has 1 N–H and O–H groups in total. The van der Waals surface area contributed by atoms with E-state index in [2.05, 4.69) is 66.5 Å². The summed E-state index contributed by atoms with van der Waals surface area (Å²) < 4.78 is 2.17. The quantitative estimate of drug-likeness (QED) is 0.319. The summed E-state index contributed by atoms with van der Waals surface area (Å²) in [6, 6.07) is 15.1. The van der Waals surface area contributed by atoms with Crippen LogP contribution in [-0.2, 0) is 6.54 Å². The second-order valence-corrected chi connectivity index (χ2v) is 11.0. The van der Waals surface area contributed by atoms with E-state index < -0.39 is 0 Å². The van der Waals surface area contributed by atoms with E-state index in [0.29, 0.717) is 12.6 Å². The normalized spacial score (nSPS) is 18.0. The summed E-state index contributed by atoms with van der Waals surface area (Å²) in [4.78, 5) is 21.4. The molecule has 1 aliphatic rings. The zero-order chi connectivity index (χ0) is 24.4. The Kier molecular flexibility index (Phi) is 7.22. The molecule has 0 unspecified atom stereocenters. The molecule has 4 aromatic rings. The number of aromatic nitrogens is 3. The summed E-state index contributed by atoms with van der Waals surface area (Å²) in [6.45, 7) is 2.63. The van der Waals surface area contributed by atoms with Gasteiger partial charge in [0.25, 0.3) is 5.91 Å². The van der Waals surface area contributed by atoms with Gasteiger partial charge in [-0.1, -0.05) is 40.2 Å². The third-order valence-electron chi connectivity index (χ3n) is 6.97. The minimum Gasteiger partial charge on any atom is -0.331 e. The molecule has 2 heterocycles. The van der Waals surface area contributed by atoms with E-state index in [4.69, 9.17) is 0 Å². The number of benzene rings is 2. The van der Waals surface area contributed by atoms with E-state index in [1.54, 1.807) is 17.5 Å². The fourth-order valence-corrected chi connectivity index (χ4v) is 7.03. The molecule has 180 valence electrons. The minimum atomic E-state index is 0.123. The molecule has 0 bridgehead atoms. The molecule has 5 rings (SSSR count). The molecule has 6 nitrogen and oxygen atoms in total. The predicted octanol–water partition coefficient (Wildman–Crippen LogP) is 6.00. The van der Waals surface area contributed by atoms with Crippen molar-refractivity contribution in [2.45, 2.75) is 51.2 Å². The second-order valence-electron chi connectivity index (χ2n) is 9.09. The number of halogens is 1. The Morgan fingerprint density at radius 2 is 1.94 bits per heavy atom. The molecule has 0 spiro atoms. The van der Waals surface area contributed by atoms with Gasteiger partial charge in [-0.2, -0.15) is 5.10 Å². The van der Waals surface area contributed by atoms with Gasteiger partial charge in [0, 0.05) is 38.8 Å². The van der Waals surface area contributed by atoms with Crippen LogP contribution in [0.25, 0.3) is 21.3 Å². The van der Waals surface area contributed by atoms with Crippen LogP contribution in [0.2, 0.25) is 0 Å². The maximum atomic E-state index is 14.1. The smallest absolute Gasteiger partial charge is 0.264 e. The summed E-state index contributed by atoms with van der Waals surface area (Å²) >= 11 is 5.28. The van der Waals surface area contributed by atoms with Gasteiger partial charge >= 0.3 is 0 Å². The van der Waals surface area contributed by atoms with Gasteiger partial charge in [0.15, 0.2) is 0 Å². The van der Waals surface area contributed by atoms with Crippen molar-refractivity contribution >= 4 is 43.3 Å². The first kappa shape index (κ1) is 24.0. The molecule has 2 aromatic carbocycles. The van der Waals surface area contributed by atoms with Gasteiger partial charge in [0.2, 0.25) is 0 Å². The Labute approximate surface area is 217 Å². The zero-order valence-corrected chi connectivity index (χ0v) is 22.3. The van der Waals surface area contributed by atoms with E-state index in [-0.39, 0.29) is 11.9 Å². The van der Waals surface area contributed by atoms with E-state index in [1.807, 2.05) is 31.3 Å². The molecular formula is C27H28BrN5OS. The van der Waals surface area contributed by atoms with Crippen molar-refractivity contribution in [3.8, 4) is 11.3 Å². The monoisotopic (exact) mass is 549 g/mol. The maximum absolute atomic E-state index is 14.1. The van der Waals surface area contributed by atoms with Crippen LogP contribution >= 0.6 is 27.3 Å². The third kappa shape index (κ3) is 5.01. The summed E-state index contributed by atoms with van der Waals surface area (Å²) in [6.07, 6.45) is 7.28. The molecule has 1 fully saturated rings. The van der Waals surface area contributed by atoms with Crippen molar-refractivity contribution in [2.75, 3.05) is 7.05 Å². The van der Waals surface area contributed by atoms with Crippen LogP contribution in [0.15, 0.2) is 59.5 Å². The number of amides is 1. The largest absolute Gasteiger partial charge is 0.331 e. The zero-order valence-electron chi connectivity index (χ0n) is 19.9. The van der Waals surface area contributed by atoms with Gasteiger partial charge in [-0.15, -0.1) is 16.4 Å². The predicted molar refractivity (Wildman–Crippen MR) is 145 cm³/mol. The van der Waals surface area contributed by atoms with E-state index in [9.17, 15) is 4.79 Å². The average Bonchev–Trinajstić information content (AvgIpc) is 3.25. The van der Waals surface area contributed by atoms with Crippen molar-refractivity contribution in [2.24, 2.45) is 0 Å². The van der Waals surface area contributed by atoms with Crippen molar-refractivity contribution < 1.29 is 4.79 Å². The Bertz CT molecular complexity index is 1330. The lowest BCUT2D eigenvalue weighted by molar-refractivity contribution is 0.0605. The van der Waals surface area contributed by atoms with Crippen molar-refractivity contribution in [3.63, 3.8) is 0 Å². The number of carbonyl (C=O) groups is 1. The summed E-state index contributed by atoms with van der Waals surface area (Å²) in [5.41, 5.74) is 3.90. The number of hydrogen-bond donors (Lipinski definition) is 1. The lowest BCUT2D eigenvalue weighted by Crippen LogP contribution is -2.44. The maximum Gasteiger partial charge on any atom is 0.264 e. The van der Waals surface area contributed by atoms with Gasteiger partial charge in [0.05, 0.1) is 16.8 Å². The number of rotatable bonds is 6. The van der Waals surface area contributed by atoms with Crippen LogP contribution in [0.5, 0.6) is 0 Å². The fraction of sp³-hybridized carbons (Fsp3) is 0.333. The molecular weight excluding hydrogens is 522 g/mol. The van der Waals surface area contributed by atoms with E-state index in [0.717, 1.165) is 67.5 Å². The Balaban J connectivity index is 1.49. The molecule has 8 heteroatoms. The van der Waals surface area contributed by atoms with Gasteiger partial charge in [-0.05, 0) is 69.0 Å². The Hall–Kier alpha value is -2.68. The molecule has 1 aliphatic carbocycles. The molecule has 0 saturated heterocycles. The molecule has 2 aromatic heterocycles. The first-order valence-electron chi connectivity index (χ1n) is 11.9. The minimum absolute atomic E-state index is 0.123. The van der Waals surface area contributed by atoms with Gasteiger partial charge < -0.3 is 10.2 Å². The van der Waals surface area contributed by atoms with Crippen molar-refractivity contribution in [3.05, 3.63) is 75.5 Å². The van der Waals surface area contributed by atoms with Crippen LogP contribution in [-0.4, -0.2) is 45.1 Å². The van der Waals surface area contributed by atoms with Crippen LogP contribution in [0.3, 0.4) is 0 Å². The molecule has 35 heavy (non-hydrogen) atoms. The van der Waals surface area contributed by atoms with Crippen LogP contribution in [0.1, 0.15) is 46.5 Å². The van der Waals surface area contributed by atoms with Gasteiger partial charge in [-0.3, -0.25) is 4.79 Å². The van der Waals surface area contributed by atoms with E-state index in [1.165, 1.54) is 6.33 Å². The molecule has 0 radical (unpaired) electrons. The van der Waals surface area contributed by atoms with Gasteiger partial charge in [0.1, 0.15) is 6.33 Å². The van der Waals surface area contributed by atoms with Crippen LogP contribution in [0.4, 0.5) is 0 Å². The second kappa shape index (κ2) is 10.5. The highest BCUT2D eigenvalue weighted by Crippen LogP contribution is 2.37. The molecule has 1 amide bonds. The standard InChI is InChI=1S/C27H28BrN5OS/c1-17-25-22(28)7-4-8-24(25)35-26(17)27(34)33(21-11-9-20(29-2)10-12-21)15-18-5-3-6-19(13-18)23-14-31-32-16-30-23/h3-8,13-14,16,20-21,29H,9-12,15H2,1-2H3. The number of hydrogen-bond acceptors (Lipinski definition) is 6. The fourth-order valence-electron chi connectivity index (χ4n) is 5.04. The summed E-state index contributed by atoms with van der Waals surface area (Å²) in [5, 5.41) is 12.3. The topological polar surface area (TPSA) is 71.0 Å². The number of thiophene rings is 1. The lowest BCUT2D eigenvalue weighted by atomic mass is 9.89. The van der Waals surface area contributed by atoms with Crippen LogP contribution in [0, 0.1) is 6.92 Å². The Morgan fingerprint density at radius 3 is 2.66 bits per heavy atom. The number of nitrogens with one attached hydrogen (secondary N) is 1. The first-order chi connectivity index (χ1) is 17.0. The highest BCUT2D eigenvalue weighted by molar-refractivity contribution is 9.10. The van der Waals surface area contributed by atoms with Crippen molar-refractivity contribution in [1.29, 1.82) is 0 Å². The number of fused-ring (bicyclic) bond motifs is 1. The first-order valence-corrected chi connectivity index (χ1v) is 13.5. The average molecular weight is 551 g/mol. The number of carbonyl (C=O) groups excluding carboxylic acids is 1. The van der Waals surface area contributed by atoms with Crippen LogP contribution < -0.4 is 5.32 Å². The molecule has 0 aliphatic heterocycles. The molecule has 1 saturated carbocycles. The highest BCUT2D eigenvalue weighted by atomic mass is 79.9. The third-order valence-corrected chi connectivity index (χ3v) is 8.88. The Morgan fingerprint density at radius 1 is 1.14 bits per heavy atom. The highest BCUT2D eigenvalue weighted by Gasteiger charge is 2.31.